The van der Waals surface area contributed by atoms with Crippen molar-refractivity contribution in [1.82, 2.24) is 10.1 Å². The molecule has 1 heterocycles. The first kappa shape index (κ1) is 26.5. The molecule has 0 atom stereocenters. The Morgan fingerprint density at radius 1 is 1.06 bits per heavy atom. The number of carbonyl (C=O) groups excluding carboxylic acids is 2. The van der Waals surface area contributed by atoms with Crippen LogP contribution < -0.4 is 14.8 Å². The monoisotopic (exact) mass is 491 g/mol. The zero-order chi connectivity index (χ0) is 26.4. The van der Waals surface area contributed by atoms with Gasteiger partial charge in [0.25, 0.3) is 0 Å². The zero-order valence-corrected chi connectivity index (χ0v) is 21.9. The van der Waals surface area contributed by atoms with Crippen LogP contribution in [0.4, 0.5) is 5.69 Å². The Balaban J connectivity index is 1.60. The van der Waals surface area contributed by atoms with E-state index in [1.807, 2.05) is 52.8 Å². The van der Waals surface area contributed by atoms with Gasteiger partial charge in [0.1, 0.15) is 12.4 Å². The highest BCUT2D eigenvalue weighted by molar-refractivity contribution is 5.98. The van der Waals surface area contributed by atoms with Crippen molar-refractivity contribution in [2.45, 2.75) is 41.2 Å². The van der Waals surface area contributed by atoms with E-state index in [0.717, 1.165) is 39.2 Å². The number of nitrogens with zero attached hydrogens (tertiary/aromatic N) is 2. The van der Waals surface area contributed by atoms with Gasteiger partial charge in [-0.25, -0.2) is 0 Å². The summed E-state index contributed by atoms with van der Waals surface area (Å²) >= 11 is 0. The van der Waals surface area contributed by atoms with Crippen LogP contribution in [0.25, 0.3) is 6.08 Å². The van der Waals surface area contributed by atoms with Crippen LogP contribution >= 0.6 is 0 Å². The second-order valence-corrected chi connectivity index (χ2v) is 8.85. The van der Waals surface area contributed by atoms with Crippen molar-refractivity contribution in [3.05, 3.63) is 75.7 Å². The summed E-state index contributed by atoms with van der Waals surface area (Å²) in [6, 6.07) is 9.42. The smallest absolute Gasteiger partial charge is 0.246 e. The molecule has 8 nitrogen and oxygen atoms in total. The van der Waals surface area contributed by atoms with Crippen molar-refractivity contribution in [1.29, 1.82) is 0 Å². The average Bonchev–Trinajstić information content (AvgIpc) is 3.15. The quantitative estimate of drug-likeness (QED) is 0.427. The van der Waals surface area contributed by atoms with Gasteiger partial charge in [0, 0.05) is 18.8 Å². The van der Waals surface area contributed by atoms with Gasteiger partial charge in [0.15, 0.2) is 11.5 Å². The summed E-state index contributed by atoms with van der Waals surface area (Å²) in [5, 5.41) is 6.85. The van der Waals surface area contributed by atoms with E-state index < -0.39 is 0 Å². The maximum Gasteiger partial charge on any atom is 0.246 e. The lowest BCUT2D eigenvalue weighted by molar-refractivity contribution is -0.129. The van der Waals surface area contributed by atoms with Gasteiger partial charge in [-0.1, -0.05) is 28.9 Å². The molecule has 36 heavy (non-hydrogen) atoms. The highest BCUT2D eigenvalue weighted by Gasteiger charge is 2.14. The molecule has 0 aliphatic heterocycles. The van der Waals surface area contributed by atoms with Gasteiger partial charge in [-0.05, 0) is 69.5 Å². The number of likely N-dealkylation sites (N-methyl/N-ethyl adjacent to an activating group) is 1. The fourth-order valence-corrected chi connectivity index (χ4v) is 3.91. The number of anilines is 1. The van der Waals surface area contributed by atoms with Crippen LogP contribution in [0.2, 0.25) is 0 Å². The number of nitrogens with one attached hydrogen (secondary N) is 1. The summed E-state index contributed by atoms with van der Waals surface area (Å²) in [7, 11) is 3.15. The minimum absolute atomic E-state index is 0.0618. The van der Waals surface area contributed by atoms with Gasteiger partial charge >= 0.3 is 0 Å². The Morgan fingerprint density at radius 2 is 1.75 bits per heavy atom. The molecular formula is C28H33N3O5. The van der Waals surface area contributed by atoms with Crippen molar-refractivity contribution < 1.29 is 23.6 Å². The molecule has 0 radical (unpaired) electrons. The molecule has 0 unspecified atom stereocenters. The third-order valence-corrected chi connectivity index (χ3v) is 5.86. The van der Waals surface area contributed by atoms with Crippen LogP contribution in [0, 0.1) is 34.6 Å². The number of hydrogen-bond donors (Lipinski definition) is 1. The van der Waals surface area contributed by atoms with Crippen LogP contribution in [0.5, 0.6) is 11.5 Å². The summed E-state index contributed by atoms with van der Waals surface area (Å²) < 4.78 is 16.5. The topological polar surface area (TPSA) is 93.9 Å². The van der Waals surface area contributed by atoms with Crippen molar-refractivity contribution in [2.24, 2.45) is 0 Å². The molecule has 2 amide bonds. The van der Waals surface area contributed by atoms with E-state index in [4.69, 9.17) is 14.0 Å². The maximum atomic E-state index is 12.6. The molecule has 0 aliphatic rings. The van der Waals surface area contributed by atoms with E-state index in [9.17, 15) is 9.59 Å². The second-order valence-electron chi connectivity index (χ2n) is 8.85. The van der Waals surface area contributed by atoms with Crippen molar-refractivity contribution in [3.8, 4) is 11.5 Å². The molecule has 0 fully saturated rings. The molecule has 1 aromatic heterocycles. The Hall–Kier alpha value is -4.07. The van der Waals surface area contributed by atoms with E-state index in [1.54, 1.807) is 32.4 Å². The first-order valence-electron chi connectivity index (χ1n) is 11.6. The zero-order valence-electron chi connectivity index (χ0n) is 21.9. The molecule has 3 rings (SSSR count). The summed E-state index contributed by atoms with van der Waals surface area (Å²) in [5.41, 5.74) is 6.33. The van der Waals surface area contributed by atoms with Crippen LogP contribution in [-0.4, -0.2) is 42.6 Å². The van der Waals surface area contributed by atoms with Gasteiger partial charge in [-0.3, -0.25) is 9.59 Å². The summed E-state index contributed by atoms with van der Waals surface area (Å²) in [5.74, 6) is 1.27. The van der Waals surface area contributed by atoms with E-state index >= 15 is 0 Å². The lowest BCUT2D eigenvalue weighted by atomic mass is 10.1. The number of amides is 2. The highest BCUT2D eigenvalue weighted by Crippen LogP contribution is 2.30. The van der Waals surface area contributed by atoms with Gasteiger partial charge in [-0.15, -0.1) is 0 Å². The molecule has 0 saturated heterocycles. The molecule has 0 saturated carbocycles. The minimum Gasteiger partial charge on any atom is -0.493 e. The lowest BCUT2D eigenvalue weighted by Gasteiger charge is -2.17. The molecule has 3 aromatic rings. The number of aryl methyl sites for hydroxylation is 5. The van der Waals surface area contributed by atoms with Crippen molar-refractivity contribution >= 4 is 23.6 Å². The minimum atomic E-state index is -0.291. The molecule has 0 bridgehead atoms. The van der Waals surface area contributed by atoms with E-state index in [0.29, 0.717) is 23.9 Å². The standard InChI is InChI=1S/C28H33N3O5/c1-17-12-18(2)28(19(3)13-17)29-26(32)15-31(6)27(33)11-9-22-8-10-24(25(14-22)34-7)35-16-23-20(4)30-36-21(23)5/h8-14H,15-16H2,1-7H3,(H,29,32)/b11-9+. The van der Waals surface area contributed by atoms with E-state index in [1.165, 1.54) is 11.0 Å². The number of hydrogen-bond acceptors (Lipinski definition) is 6. The number of methoxy groups -OCH3 is 1. The van der Waals surface area contributed by atoms with Gasteiger partial charge in [-0.2, -0.15) is 0 Å². The SMILES string of the molecule is COc1cc(/C=C/C(=O)N(C)CC(=O)Nc2c(C)cc(C)cc2C)ccc1OCc1c(C)noc1C. The predicted molar refractivity (Wildman–Crippen MR) is 139 cm³/mol. The Kier molecular flexibility index (Phi) is 8.53. The highest BCUT2D eigenvalue weighted by atomic mass is 16.5. The van der Waals surface area contributed by atoms with Crippen LogP contribution in [0.15, 0.2) is 40.9 Å². The van der Waals surface area contributed by atoms with Crippen LogP contribution in [0.1, 0.15) is 39.3 Å². The van der Waals surface area contributed by atoms with E-state index in [-0.39, 0.29) is 18.4 Å². The largest absolute Gasteiger partial charge is 0.493 e. The number of aromatic nitrogens is 1. The van der Waals surface area contributed by atoms with E-state index in [2.05, 4.69) is 10.5 Å². The maximum absolute atomic E-state index is 12.6. The van der Waals surface area contributed by atoms with Crippen molar-refractivity contribution in [2.75, 3.05) is 26.0 Å². The van der Waals surface area contributed by atoms with Crippen LogP contribution in [0.3, 0.4) is 0 Å². The molecule has 0 spiro atoms. The number of rotatable bonds is 9. The Bertz CT molecular complexity index is 1250. The van der Waals surface area contributed by atoms with Gasteiger partial charge in [0.2, 0.25) is 11.8 Å². The fraction of sp³-hybridized carbons (Fsp3) is 0.321. The van der Waals surface area contributed by atoms with Gasteiger partial charge < -0.3 is 24.2 Å². The molecule has 190 valence electrons. The summed E-state index contributed by atoms with van der Waals surface area (Å²) in [4.78, 5) is 26.5. The molecular weight excluding hydrogens is 458 g/mol. The van der Waals surface area contributed by atoms with Crippen LogP contribution in [-0.2, 0) is 16.2 Å². The molecule has 0 aliphatic carbocycles. The number of carbonyl (C=O) groups is 2. The third-order valence-electron chi connectivity index (χ3n) is 5.86. The molecule has 8 heteroatoms. The normalized spacial score (nSPS) is 11.0. The summed E-state index contributed by atoms with van der Waals surface area (Å²) in [6.07, 6.45) is 3.10. The average molecular weight is 492 g/mol. The lowest BCUT2D eigenvalue weighted by Crippen LogP contribution is -2.34. The number of benzene rings is 2. The number of ether oxygens (including phenoxy) is 2. The Morgan fingerprint density at radius 3 is 2.36 bits per heavy atom. The fourth-order valence-electron chi connectivity index (χ4n) is 3.91. The predicted octanol–water partition coefficient (Wildman–Crippen LogP) is 4.91. The first-order valence-corrected chi connectivity index (χ1v) is 11.6. The first-order chi connectivity index (χ1) is 17.1. The third kappa shape index (κ3) is 6.53. The molecule has 2 aromatic carbocycles. The van der Waals surface area contributed by atoms with Crippen molar-refractivity contribution in [3.63, 3.8) is 0 Å². The van der Waals surface area contributed by atoms with Gasteiger partial charge in [0.05, 0.1) is 24.9 Å². The Labute approximate surface area is 211 Å². The second kappa shape index (κ2) is 11.6. The summed E-state index contributed by atoms with van der Waals surface area (Å²) in [6.45, 7) is 9.87. The molecule has 1 N–H and O–H groups in total.